The number of halogens is 2. The highest BCUT2D eigenvalue weighted by Gasteiger charge is 2.25. The van der Waals surface area contributed by atoms with Crippen LogP contribution in [0.3, 0.4) is 0 Å². The number of hydrogen-bond donors (Lipinski definition) is 1. The second-order valence-electron chi connectivity index (χ2n) is 6.48. The Balaban J connectivity index is 2.36. The van der Waals surface area contributed by atoms with E-state index in [1.165, 1.54) is 30.0 Å². The molecule has 0 bridgehead atoms. The van der Waals surface area contributed by atoms with Crippen LogP contribution in [-0.4, -0.2) is 29.4 Å². The van der Waals surface area contributed by atoms with Gasteiger partial charge in [-0.1, -0.05) is 36.5 Å². The van der Waals surface area contributed by atoms with Gasteiger partial charge in [-0.15, -0.1) is 0 Å². The monoisotopic (exact) mass is 438 g/mol. The van der Waals surface area contributed by atoms with Crippen molar-refractivity contribution in [1.82, 2.24) is 4.57 Å². The highest BCUT2D eigenvalue weighted by molar-refractivity contribution is 6.42. The zero-order valence-electron chi connectivity index (χ0n) is 15.9. The molecule has 0 fully saturated rings. The number of nitrogens with zero attached hydrogens (tertiary/aromatic N) is 2. The zero-order chi connectivity index (χ0) is 21.1. The molecule has 3 rings (SSSR count). The maximum atomic E-state index is 13.3. The third-order valence-corrected chi connectivity index (χ3v) is 5.20. The highest BCUT2D eigenvalue weighted by Crippen LogP contribution is 2.38. The molecular weight excluding hydrogens is 419 g/mol. The summed E-state index contributed by atoms with van der Waals surface area (Å²) >= 11 is 12.3. The van der Waals surface area contributed by atoms with E-state index in [-0.39, 0.29) is 33.5 Å². The number of rotatable bonds is 7. The summed E-state index contributed by atoms with van der Waals surface area (Å²) in [7, 11) is 1.35. The number of aromatic nitrogens is 1. The molecule has 1 aromatic carbocycles. The number of pyridine rings is 1. The maximum Gasteiger partial charge on any atom is 0.412 e. The van der Waals surface area contributed by atoms with Crippen molar-refractivity contribution >= 4 is 45.9 Å². The minimum atomic E-state index is -1.24. The summed E-state index contributed by atoms with van der Waals surface area (Å²) in [5.41, 5.74) is -0.430. The van der Waals surface area contributed by atoms with E-state index in [0.717, 1.165) is 17.7 Å². The Labute approximate surface area is 177 Å². The topological polar surface area (TPSA) is 84.9 Å². The van der Waals surface area contributed by atoms with Gasteiger partial charge in [-0.3, -0.25) is 14.3 Å². The zero-order valence-corrected chi connectivity index (χ0v) is 17.5. The van der Waals surface area contributed by atoms with E-state index >= 15 is 0 Å². The fourth-order valence-corrected chi connectivity index (χ4v) is 3.31. The smallest absolute Gasteiger partial charge is 0.412 e. The van der Waals surface area contributed by atoms with Crippen LogP contribution in [0.5, 0.6) is 5.75 Å². The summed E-state index contributed by atoms with van der Waals surface area (Å²) in [5, 5.41) is 10.8. The van der Waals surface area contributed by atoms with E-state index < -0.39 is 11.7 Å². The maximum absolute atomic E-state index is 13.3. The molecule has 7 nitrogen and oxygen atoms in total. The van der Waals surface area contributed by atoms with Gasteiger partial charge >= 0.3 is 6.09 Å². The third kappa shape index (κ3) is 4.21. The first-order chi connectivity index (χ1) is 13.8. The van der Waals surface area contributed by atoms with Crippen molar-refractivity contribution in [3.8, 4) is 5.75 Å². The average Bonchev–Trinajstić information content (AvgIpc) is 3.19. The molecule has 0 aliphatic carbocycles. The molecule has 0 spiro atoms. The molecule has 0 radical (unpaired) electrons. The lowest BCUT2D eigenvalue weighted by atomic mass is 10.1. The van der Waals surface area contributed by atoms with E-state index in [4.69, 9.17) is 32.4 Å². The Bertz CT molecular complexity index is 1090. The number of unbranched alkanes of at least 4 members (excludes halogenated alkanes) is 1. The minimum absolute atomic E-state index is 0.0269. The molecule has 154 valence electrons. The van der Waals surface area contributed by atoms with Gasteiger partial charge in [-0.2, -0.15) is 0 Å². The Morgan fingerprint density at radius 2 is 1.97 bits per heavy atom. The summed E-state index contributed by atoms with van der Waals surface area (Å²) in [6.07, 6.45) is 1.89. The molecule has 0 aliphatic heterocycles. The summed E-state index contributed by atoms with van der Waals surface area (Å²) < 4.78 is 12.6. The van der Waals surface area contributed by atoms with Gasteiger partial charge in [0, 0.05) is 12.4 Å². The molecule has 2 aromatic heterocycles. The molecule has 0 saturated carbocycles. The summed E-state index contributed by atoms with van der Waals surface area (Å²) in [5.74, 6) is 0.843. The predicted molar refractivity (Wildman–Crippen MR) is 113 cm³/mol. The van der Waals surface area contributed by atoms with Gasteiger partial charge in [0.2, 0.25) is 0 Å². The second-order valence-corrected chi connectivity index (χ2v) is 7.29. The first kappa shape index (κ1) is 21.1. The van der Waals surface area contributed by atoms with Crippen LogP contribution in [0.1, 0.15) is 25.5 Å². The van der Waals surface area contributed by atoms with Crippen LogP contribution in [0.25, 0.3) is 10.8 Å². The first-order valence-electron chi connectivity index (χ1n) is 9.02. The van der Waals surface area contributed by atoms with Crippen molar-refractivity contribution in [1.29, 1.82) is 0 Å². The normalized spacial score (nSPS) is 11.0. The van der Waals surface area contributed by atoms with E-state index in [2.05, 4.69) is 0 Å². The fraction of sp³-hybridized carbons (Fsp3) is 0.300. The Morgan fingerprint density at radius 3 is 2.55 bits per heavy atom. The lowest BCUT2D eigenvalue weighted by molar-refractivity contribution is 0.202. The summed E-state index contributed by atoms with van der Waals surface area (Å²) in [4.78, 5) is 26.0. The number of furan rings is 1. The van der Waals surface area contributed by atoms with Gasteiger partial charge in [0.1, 0.15) is 5.76 Å². The molecule has 9 heteroatoms. The number of carbonyl (C=O) groups is 1. The molecule has 0 aliphatic rings. The standard InChI is InChI=1S/C20H20Cl2N2O5/c1-3-4-7-29-17-13-9-15(21)16(22)10-14(13)19(25)24(11-12-6-5-8-28-12)18(17)23(2)20(26)27/h5-6,8-10H,3-4,7,11H2,1-2H3,(H,26,27). The van der Waals surface area contributed by atoms with E-state index in [0.29, 0.717) is 17.8 Å². The van der Waals surface area contributed by atoms with Crippen molar-refractivity contribution in [2.75, 3.05) is 18.6 Å². The number of ether oxygens (including phenoxy) is 1. The number of anilines is 1. The number of carboxylic acid groups (broad SMARTS) is 1. The van der Waals surface area contributed by atoms with Crippen molar-refractivity contribution in [3.63, 3.8) is 0 Å². The van der Waals surface area contributed by atoms with Crippen molar-refractivity contribution in [2.24, 2.45) is 0 Å². The summed E-state index contributed by atoms with van der Waals surface area (Å²) in [6, 6.07) is 6.39. The van der Waals surface area contributed by atoms with Crippen LogP contribution in [0, 0.1) is 0 Å². The van der Waals surface area contributed by atoms with E-state index in [9.17, 15) is 14.7 Å². The molecule has 0 atom stereocenters. The van der Waals surface area contributed by atoms with Gasteiger partial charge in [0.15, 0.2) is 11.6 Å². The fourth-order valence-electron chi connectivity index (χ4n) is 2.99. The van der Waals surface area contributed by atoms with Crippen LogP contribution in [0.2, 0.25) is 10.0 Å². The first-order valence-corrected chi connectivity index (χ1v) is 9.78. The van der Waals surface area contributed by atoms with Gasteiger partial charge in [0.05, 0.1) is 34.8 Å². The van der Waals surface area contributed by atoms with Crippen molar-refractivity contribution in [2.45, 2.75) is 26.3 Å². The molecule has 0 unspecified atom stereocenters. The van der Waals surface area contributed by atoms with Crippen LogP contribution in [-0.2, 0) is 6.54 Å². The number of benzene rings is 1. The number of amides is 1. The van der Waals surface area contributed by atoms with Crippen LogP contribution in [0.4, 0.5) is 10.6 Å². The largest absolute Gasteiger partial charge is 0.489 e. The predicted octanol–water partition coefficient (Wildman–Crippen LogP) is 5.24. The molecule has 0 saturated heterocycles. The lowest BCUT2D eigenvalue weighted by Crippen LogP contribution is -2.33. The van der Waals surface area contributed by atoms with Gasteiger partial charge < -0.3 is 14.3 Å². The van der Waals surface area contributed by atoms with Gasteiger partial charge in [0.25, 0.3) is 5.56 Å². The van der Waals surface area contributed by atoms with E-state index in [1.807, 2.05) is 6.92 Å². The molecule has 1 amide bonds. The Kier molecular flexibility index (Phi) is 6.39. The quantitative estimate of drug-likeness (QED) is 0.509. The van der Waals surface area contributed by atoms with Crippen LogP contribution in [0.15, 0.2) is 39.7 Å². The molecule has 2 heterocycles. The van der Waals surface area contributed by atoms with Crippen LogP contribution >= 0.6 is 23.2 Å². The molecule has 1 N–H and O–H groups in total. The van der Waals surface area contributed by atoms with Crippen molar-refractivity contribution < 1.29 is 19.1 Å². The average molecular weight is 439 g/mol. The van der Waals surface area contributed by atoms with Crippen molar-refractivity contribution in [3.05, 3.63) is 56.7 Å². The van der Waals surface area contributed by atoms with Gasteiger partial charge in [-0.05, 0) is 30.7 Å². The molecular formula is C20H20Cl2N2O5. The Hall–Kier alpha value is -2.64. The number of hydrogen-bond acceptors (Lipinski definition) is 4. The van der Waals surface area contributed by atoms with E-state index in [1.54, 1.807) is 12.1 Å². The molecule has 3 aromatic rings. The van der Waals surface area contributed by atoms with Crippen LogP contribution < -0.4 is 15.2 Å². The Morgan fingerprint density at radius 1 is 1.28 bits per heavy atom. The lowest BCUT2D eigenvalue weighted by Gasteiger charge is -2.24. The van der Waals surface area contributed by atoms with Gasteiger partial charge in [-0.25, -0.2) is 4.79 Å². The number of fused-ring (bicyclic) bond motifs is 1. The SMILES string of the molecule is CCCCOc1c(N(C)C(=O)O)n(Cc2ccco2)c(=O)c2cc(Cl)c(Cl)cc12. The highest BCUT2D eigenvalue weighted by atomic mass is 35.5. The minimum Gasteiger partial charge on any atom is -0.489 e. The molecule has 29 heavy (non-hydrogen) atoms. The third-order valence-electron chi connectivity index (χ3n) is 4.48. The second kappa shape index (κ2) is 8.80. The summed E-state index contributed by atoms with van der Waals surface area (Å²) in [6.45, 7) is 2.39.